The molecule has 4 rings (SSSR count). The standard InChI is InChI=1S/C38H58N6O7Si/c1-24-32(31-25(2)42-50-26(31)3)40-34(41-33(24)39-28-17-19-44(20-18-28)36(46)47-11)27-15-14-16-29(21-27)48-23-30(51-52(12,13)38(7,8)9)22-43(10)35(45)49-37(4,5)6/h14-16,21,28,30H,17-20,22-23H2,1-13H3,(H,39,40,41)/t30-/m0/s1. The molecule has 52 heavy (non-hydrogen) atoms. The highest BCUT2D eigenvalue weighted by Gasteiger charge is 2.40. The molecule has 3 heterocycles. The Labute approximate surface area is 309 Å². The highest BCUT2D eigenvalue weighted by Crippen LogP contribution is 2.38. The van der Waals surface area contributed by atoms with E-state index in [1.54, 1.807) is 16.8 Å². The quantitative estimate of drug-likeness (QED) is 0.191. The molecule has 14 heteroatoms. The van der Waals surface area contributed by atoms with Gasteiger partial charge in [-0.25, -0.2) is 19.6 Å². The van der Waals surface area contributed by atoms with Gasteiger partial charge in [-0.2, -0.15) is 0 Å². The minimum absolute atomic E-state index is 0.0402. The fourth-order valence-corrected chi connectivity index (χ4v) is 7.06. The van der Waals surface area contributed by atoms with Crippen LogP contribution in [0.1, 0.15) is 71.4 Å². The van der Waals surface area contributed by atoms with Crippen molar-refractivity contribution in [3.05, 3.63) is 41.3 Å². The average molecular weight is 739 g/mol. The van der Waals surface area contributed by atoms with Gasteiger partial charge in [0.25, 0.3) is 0 Å². The second-order valence-electron chi connectivity index (χ2n) is 16.1. The summed E-state index contributed by atoms with van der Waals surface area (Å²) in [5.74, 6) is 2.51. The van der Waals surface area contributed by atoms with Crippen LogP contribution in [0.5, 0.6) is 5.75 Å². The van der Waals surface area contributed by atoms with Gasteiger partial charge in [0.2, 0.25) is 0 Å². The number of hydrogen-bond donors (Lipinski definition) is 1. The molecule has 0 spiro atoms. The molecule has 3 aromatic rings. The summed E-state index contributed by atoms with van der Waals surface area (Å²) in [5, 5.41) is 7.79. The number of benzene rings is 1. The number of amides is 2. The zero-order valence-electron chi connectivity index (χ0n) is 33.3. The second kappa shape index (κ2) is 16.2. The van der Waals surface area contributed by atoms with Gasteiger partial charge in [-0.15, -0.1) is 0 Å². The van der Waals surface area contributed by atoms with E-state index in [0.29, 0.717) is 42.8 Å². The van der Waals surface area contributed by atoms with E-state index in [9.17, 15) is 9.59 Å². The fraction of sp³-hybridized carbons (Fsp3) is 0.605. The maximum atomic E-state index is 12.9. The number of aromatic nitrogens is 3. The number of piperidine rings is 1. The van der Waals surface area contributed by atoms with Crippen LogP contribution in [0.3, 0.4) is 0 Å². The monoisotopic (exact) mass is 738 g/mol. The van der Waals surface area contributed by atoms with Gasteiger partial charge in [0.05, 0.1) is 36.7 Å². The maximum Gasteiger partial charge on any atom is 0.410 e. The number of hydrogen-bond acceptors (Lipinski definition) is 11. The third-order valence-corrected chi connectivity index (χ3v) is 14.2. The normalized spacial score (nSPS) is 14.9. The van der Waals surface area contributed by atoms with Crippen LogP contribution in [0, 0.1) is 20.8 Å². The average Bonchev–Trinajstić information content (AvgIpc) is 3.40. The number of carbonyl (C=O) groups is 2. The smallest absolute Gasteiger partial charge is 0.410 e. The number of ether oxygens (including phenoxy) is 3. The number of likely N-dealkylation sites (tertiary alicyclic amines) is 1. The summed E-state index contributed by atoms with van der Waals surface area (Å²) in [6.45, 7) is 24.0. The van der Waals surface area contributed by atoms with Gasteiger partial charge in [-0.1, -0.05) is 38.1 Å². The summed E-state index contributed by atoms with van der Waals surface area (Å²) in [5.41, 5.74) is 3.33. The topological polar surface area (TPSA) is 141 Å². The summed E-state index contributed by atoms with van der Waals surface area (Å²) < 4.78 is 29.3. The van der Waals surface area contributed by atoms with E-state index >= 15 is 0 Å². The molecule has 1 aromatic carbocycles. The molecule has 0 bridgehead atoms. The van der Waals surface area contributed by atoms with Crippen LogP contribution in [-0.2, 0) is 13.9 Å². The summed E-state index contributed by atoms with van der Waals surface area (Å²) in [7, 11) is 0.896. The lowest BCUT2D eigenvalue weighted by molar-refractivity contribution is 0.0172. The Kier molecular flexibility index (Phi) is 12.7. The van der Waals surface area contributed by atoms with Crippen LogP contribution in [-0.4, -0.2) is 104 Å². The van der Waals surface area contributed by atoms with Crippen molar-refractivity contribution in [2.45, 2.75) is 111 Å². The predicted molar refractivity (Wildman–Crippen MR) is 204 cm³/mol. The van der Waals surface area contributed by atoms with Gasteiger partial charge in [0.1, 0.15) is 29.5 Å². The van der Waals surface area contributed by atoms with E-state index in [1.807, 2.05) is 65.8 Å². The number of aryl methyl sites for hydroxylation is 2. The Morgan fingerprint density at radius 3 is 2.33 bits per heavy atom. The zero-order valence-corrected chi connectivity index (χ0v) is 34.3. The molecule has 1 aliphatic rings. The van der Waals surface area contributed by atoms with Crippen molar-refractivity contribution in [2.75, 3.05) is 45.7 Å². The Bertz CT molecular complexity index is 1690. The van der Waals surface area contributed by atoms with Crippen molar-refractivity contribution in [2.24, 2.45) is 0 Å². The van der Waals surface area contributed by atoms with Crippen LogP contribution >= 0.6 is 0 Å². The number of carbonyl (C=O) groups excluding carboxylic acids is 2. The first kappa shape index (κ1) is 40.6. The summed E-state index contributed by atoms with van der Waals surface area (Å²) in [4.78, 5) is 38.3. The first-order chi connectivity index (χ1) is 24.2. The summed E-state index contributed by atoms with van der Waals surface area (Å²) >= 11 is 0. The molecule has 1 fully saturated rings. The van der Waals surface area contributed by atoms with Gasteiger partial charge in [0, 0.05) is 37.3 Å². The number of rotatable bonds is 11. The lowest BCUT2D eigenvalue weighted by Crippen LogP contribution is -2.49. The Balaban J connectivity index is 1.62. The van der Waals surface area contributed by atoms with Crippen molar-refractivity contribution < 1.29 is 32.7 Å². The van der Waals surface area contributed by atoms with E-state index in [1.165, 1.54) is 7.11 Å². The third-order valence-electron chi connectivity index (χ3n) is 9.66. The number of methoxy groups -OCH3 is 1. The molecule has 13 nitrogen and oxygen atoms in total. The molecule has 0 saturated carbocycles. The van der Waals surface area contributed by atoms with E-state index in [4.69, 9.17) is 33.1 Å². The van der Waals surface area contributed by atoms with Crippen molar-refractivity contribution >= 4 is 26.3 Å². The molecular formula is C38H58N6O7Si. The molecule has 0 unspecified atom stereocenters. The van der Waals surface area contributed by atoms with Gasteiger partial charge < -0.3 is 38.3 Å². The van der Waals surface area contributed by atoms with Crippen LogP contribution in [0.4, 0.5) is 15.4 Å². The van der Waals surface area contributed by atoms with Gasteiger partial charge in [-0.3, -0.25) is 0 Å². The van der Waals surface area contributed by atoms with Gasteiger partial charge in [0.15, 0.2) is 14.1 Å². The van der Waals surface area contributed by atoms with Crippen LogP contribution < -0.4 is 10.1 Å². The third kappa shape index (κ3) is 10.2. The maximum absolute atomic E-state index is 12.9. The van der Waals surface area contributed by atoms with Gasteiger partial charge in [-0.05, 0) is 84.6 Å². The Morgan fingerprint density at radius 1 is 1.08 bits per heavy atom. The summed E-state index contributed by atoms with van der Waals surface area (Å²) in [6, 6.07) is 7.78. The Hall–Kier alpha value is -4.17. The van der Waals surface area contributed by atoms with Crippen molar-refractivity contribution in [3.63, 3.8) is 0 Å². The molecule has 2 amide bonds. The Morgan fingerprint density at radius 2 is 1.75 bits per heavy atom. The largest absolute Gasteiger partial charge is 0.491 e. The first-order valence-corrected chi connectivity index (χ1v) is 20.9. The number of likely N-dealkylation sites (N-methyl/N-ethyl adjacent to an activating group) is 1. The first-order valence-electron chi connectivity index (χ1n) is 18.0. The molecule has 286 valence electrons. The van der Waals surface area contributed by atoms with E-state index in [0.717, 1.165) is 40.9 Å². The molecule has 1 saturated heterocycles. The van der Waals surface area contributed by atoms with Crippen LogP contribution in [0.15, 0.2) is 28.8 Å². The molecular weight excluding hydrogens is 681 g/mol. The number of nitrogens with zero attached hydrogens (tertiary/aromatic N) is 5. The van der Waals surface area contributed by atoms with E-state index in [-0.39, 0.29) is 23.8 Å². The predicted octanol–water partition coefficient (Wildman–Crippen LogP) is 8.00. The highest BCUT2D eigenvalue weighted by atomic mass is 28.4. The van der Waals surface area contributed by atoms with E-state index < -0.39 is 26.1 Å². The van der Waals surface area contributed by atoms with Gasteiger partial charge >= 0.3 is 12.2 Å². The van der Waals surface area contributed by atoms with Crippen molar-refractivity contribution in [1.82, 2.24) is 24.9 Å². The number of anilines is 1. The lowest BCUT2D eigenvalue weighted by Gasteiger charge is -2.40. The minimum Gasteiger partial charge on any atom is -0.491 e. The highest BCUT2D eigenvalue weighted by molar-refractivity contribution is 6.74. The molecule has 1 N–H and O–H groups in total. The molecule has 2 aromatic heterocycles. The SMILES string of the molecule is COC(=O)N1CCC(Nc2nc(-c3cccc(OC[C@H](CN(C)C(=O)OC(C)(C)C)O[Si](C)(C)C(C)(C)C)c3)nc(-c3c(C)noc3C)c2C)CC1. The molecule has 0 radical (unpaired) electrons. The zero-order chi connectivity index (χ0) is 38.6. The molecule has 1 aliphatic heterocycles. The second-order valence-corrected chi connectivity index (χ2v) is 20.9. The van der Waals surface area contributed by atoms with Crippen LogP contribution in [0.25, 0.3) is 22.6 Å². The van der Waals surface area contributed by atoms with Crippen LogP contribution in [0.2, 0.25) is 18.1 Å². The molecule has 0 aliphatic carbocycles. The number of nitrogens with one attached hydrogen (secondary N) is 1. The lowest BCUT2D eigenvalue weighted by atomic mass is 10.0. The minimum atomic E-state index is -2.23. The van der Waals surface area contributed by atoms with E-state index in [2.05, 4.69) is 44.3 Å². The summed E-state index contributed by atoms with van der Waals surface area (Å²) in [6.07, 6.45) is 0.375. The fourth-order valence-electron chi connectivity index (χ4n) is 5.73. The van der Waals surface area contributed by atoms with Crippen molar-refractivity contribution in [3.8, 4) is 28.4 Å². The molecule has 1 atom stereocenters. The van der Waals surface area contributed by atoms with Crippen molar-refractivity contribution in [1.29, 1.82) is 0 Å².